The highest BCUT2D eigenvalue weighted by atomic mass is 19.4. The summed E-state index contributed by atoms with van der Waals surface area (Å²) in [6.07, 6.45) is -2.35. The number of ketones is 1. The first-order valence-corrected chi connectivity index (χ1v) is 13.6. The van der Waals surface area contributed by atoms with Gasteiger partial charge in [0, 0.05) is 45.7 Å². The first-order chi connectivity index (χ1) is 20.9. The lowest BCUT2D eigenvalue weighted by Crippen LogP contribution is -2.19. The second-order valence-electron chi connectivity index (χ2n) is 10.5. The third kappa shape index (κ3) is 6.60. The number of hydrogen-bond donors (Lipinski definition) is 3. The average molecular weight is 606 g/mol. The number of carbonyl (C=O) groups excluding carboxylic acids is 2. The third-order valence-electron chi connectivity index (χ3n) is 7.00. The number of aromatic nitrogens is 2. The van der Waals surface area contributed by atoms with Crippen molar-refractivity contribution < 1.29 is 27.2 Å². The van der Waals surface area contributed by atoms with Gasteiger partial charge in [-0.1, -0.05) is 6.07 Å². The smallest absolute Gasteiger partial charge is 0.355 e. The third-order valence-corrected chi connectivity index (χ3v) is 7.00. The summed E-state index contributed by atoms with van der Waals surface area (Å²) >= 11 is 0. The Hall–Kier alpha value is -5.10. The van der Waals surface area contributed by atoms with Crippen LogP contribution in [0, 0.1) is 5.82 Å². The molecule has 0 aliphatic carbocycles. The molecule has 0 spiro atoms. The summed E-state index contributed by atoms with van der Waals surface area (Å²) in [4.78, 5) is 47.4. The topological polar surface area (TPSA) is 107 Å². The zero-order chi connectivity index (χ0) is 31.6. The van der Waals surface area contributed by atoms with Crippen LogP contribution in [0.5, 0.6) is 0 Å². The van der Waals surface area contributed by atoms with Crippen molar-refractivity contribution in [3.8, 4) is 0 Å². The van der Waals surface area contributed by atoms with Gasteiger partial charge < -0.3 is 20.5 Å². The molecule has 0 fully saturated rings. The summed E-state index contributed by atoms with van der Waals surface area (Å²) in [6, 6.07) is 14.7. The van der Waals surface area contributed by atoms with Gasteiger partial charge in [0.25, 0.3) is 11.5 Å². The summed E-state index contributed by atoms with van der Waals surface area (Å²) in [7, 11) is 3.87. The Bertz CT molecular complexity index is 1940. The van der Waals surface area contributed by atoms with E-state index in [0.29, 0.717) is 51.6 Å². The fourth-order valence-electron chi connectivity index (χ4n) is 4.87. The van der Waals surface area contributed by atoms with Crippen molar-refractivity contribution in [3.05, 3.63) is 106 Å². The van der Waals surface area contributed by atoms with Crippen molar-refractivity contribution in [1.82, 2.24) is 14.9 Å². The molecule has 8 nitrogen and oxygen atoms in total. The van der Waals surface area contributed by atoms with Crippen LogP contribution in [0.4, 0.5) is 34.6 Å². The van der Waals surface area contributed by atoms with Gasteiger partial charge in [-0.15, -0.1) is 0 Å². The first kappa shape index (κ1) is 30.4. The van der Waals surface area contributed by atoms with Gasteiger partial charge in [0.2, 0.25) is 0 Å². The maximum atomic E-state index is 13.4. The number of rotatable bonds is 9. The molecular formula is C32H27F4N5O3. The predicted octanol–water partition coefficient (Wildman–Crippen LogP) is 6.75. The van der Waals surface area contributed by atoms with Crippen molar-refractivity contribution in [2.24, 2.45) is 0 Å². The van der Waals surface area contributed by atoms with E-state index in [0.717, 1.165) is 18.7 Å². The highest BCUT2D eigenvalue weighted by Gasteiger charge is 2.35. The fraction of sp³-hybridized carbons (Fsp3) is 0.188. The molecule has 0 atom stereocenters. The van der Waals surface area contributed by atoms with Crippen molar-refractivity contribution in [2.45, 2.75) is 19.0 Å². The Morgan fingerprint density at radius 3 is 2.36 bits per heavy atom. The normalized spacial score (nSPS) is 11.7. The Balaban J connectivity index is 1.42. The number of pyridine rings is 2. The maximum Gasteiger partial charge on any atom is 0.417 e. The molecule has 2 aromatic heterocycles. The van der Waals surface area contributed by atoms with E-state index in [4.69, 9.17) is 0 Å². The molecular weight excluding hydrogens is 578 g/mol. The minimum Gasteiger partial charge on any atom is -0.355 e. The minimum absolute atomic E-state index is 0.0405. The van der Waals surface area contributed by atoms with Gasteiger partial charge in [-0.05, 0) is 87.7 Å². The van der Waals surface area contributed by atoms with Gasteiger partial charge in [0.1, 0.15) is 11.5 Å². The van der Waals surface area contributed by atoms with Gasteiger partial charge in [0.15, 0.2) is 5.78 Å². The number of H-pyrrole nitrogens is 1. The number of benzene rings is 3. The molecule has 0 aliphatic rings. The van der Waals surface area contributed by atoms with Crippen LogP contribution in [0.3, 0.4) is 0 Å². The zero-order valence-electron chi connectivity index (χ0n) is 23.7. The molecule has 0 radical (unpaired) electrons. The molecule has 0 aliphatic heterocycles. The molecule has 12 heteroatoms. The van der Waals surface area contributed by atoms with E-state index in [9.17, 15) is 31.9 Å². The number of anilines is 3. The van der Waals surface area contributed by atoms with Crippen LogP contribution >= 0.6 is 0 Å². The summed E-state index contributed by atoms with van der Waals surface area (Å²) in [5.41, 5.74) is -0.290. The van der Waals surface area contributed by atoms with E-state index in [-0.39, 0.29) is 23.1 Å². The van der Waals surface area contributed by atoms with Gasteiger partial charge >= 0.3 is 6.18 Å². The number of aromatic amines is 1. The molecule has 5 rings (SSSR count). The first-order valence-electron chi connectivity index (χ1n) is 13.6. The van der Waals surface area contributed by atoms with E-state index < -0.39 is 29.0 Å². The monoisotopic (exact) mass is 605 g/mol. The Labute approximate surface area is 248 Å². The van der Waals surface area contributed by atoms with Crippen molar-refractivity contribution in [2.75, 3.05) is 31.3 Å². The number of halogens is 4. The Morgan fingerprint density at radius 1 is 0.932 bits per heavy atom. The largest absolute Gasteiger partial charge is 0.417 e. The number of carbonyl (C=O) groups is 2. The SMILES string of the molecule is CN(C)CCCC(=O)c1ccc2c(=O)[nH]c3nccc(Nc4ccc(NC(=O)c5ccc(F)cc5C(F)(F)F)cc4)c3c2c1. The number of amides is 1. The summed E-state index contributed by atoms with van der Waals surface area (Å²) in [5, 5.41) is 7.16. The van der Waals surface area contributed by atoms with E-state index in [1.54, 1.807) is 36.4 Å². The van der Waals surface area contributed by atoms with Gasteiger partial charge in [-0.25, -0.2) is 9.37 Å². The lowest BCUT2D eigenvalue weighted by Gasteiger charge is -2.14. The number of hydrogen-bond acceptors (Lipinski definition) is 6. The zero-order valence-corrected chi connectivity index (χ0v) is 23.7. The summed E-state index contributed by atoms with van der Waals surface area (Å²) in [6.45, 7) is 0.767. The quantitative estimate of drug-likeness (QED) is 0.0975. The lowest BCUT2D eigenvalue weighted by molar-refractivity contribution is -0.138. The van der Waals surface area contributed by atoms with Crippen molar-refractivity contribution >= 4 is 50.6 Å². The molecule has 3 aromatic carbocycles. The standard InChI is InChI=1S/C32H27F4N5O3/c1-41(2)15-3-4-27(42)18-5-11-22-24(16-18)28-26(13-14-37-29(28)40-30(22)43)38-20-7-9-21(10-8-20)39-31(44)23-12-6-19(33)17-25(23)32(34,35)36/h5-14,16-17H,3-4,15H2,1-2H3,(H,39,44)(H2,37,38,40,43). The van der Waals surface area contributed by atoms with Crippen LogP contribution in [-0.4, -0.2) is 47.2 Å². The predicted molar refractivity (Wildman–Crippen MR) is 161 cm³/mol. The van der Waals surface area contributed by atoms with Crippen LogP contribution < -0.4 is 16.2 Å². The molecule has 2 heterocycles. The molecule has 3 N–H and O–H groups in total. The average Bonchev–Trinajstić information content (AvgIpc) is 2.97. The second kappa shape index (κ2) is 12.3. The molecule has 1 amide bonds. The van der Waals surface area contributed by atoms with E-state index in [1.807, 2.05) is 19.0 Å². The van der Waals surface area contributed by atoms with Crippen LogP contribution in [0.25, 0.3) is 21.8 Å². The summed E-state index contributed by atoms with van der Waals surface area (Å²) < 4.78 is 53.5. The minimum atomic E-state index is -4.91. The van der Waals surface area contributed by atoms with E-state index in [2.05, 4.69) is 20.6 Å². The van der Waals surface area contributed by atoms with Crippen LogP contribution in [0.2, 0.25) is 0 Å². The molecule has 226 valence electrons. The number of nitrogens with one attached hydrogen (secondary N) is 3. The highest BCUT2D eigenvalue weighted by molar-refractivity contribution is 6.13. The van der Waals surface area contributed by atoms with E-state index in [1.165, 1.54) is 18.3 Å². The van der Waals surface area contributed by atoms with E-state index >= 15 is 0 Å². The molecule has 0 unspecified atom stereocenters. The van der Waals surface area contributed by atoms with Crippen molar-refractivity contribution in [1.29, 1.82) is 0 Å². The van der Waals surface area contributed by atoms with Gasteiger partial charge in [0.05, 0.1) is 16.8 Å². The number of fused-ring (bicyclic) bond motifs is 3. The number of alkyl halides is 3. The maximum absolute atomic E-state index is 13.4. The molecule has 0 saturated carbocycles. The Morgan fingerprint density at radius 2 is 1.66 bits per heavy atom. The van der Waals surface area contributed by atoms with Crippen molar-refractivity contribution in [3.63, 3.8) is 0 Å². The lowest BCUT2D eigenvalue weighted by atomic mass is 10.00. The van der Waals surface area contributed by atoms with Gasteiger partial charge in [-0.3, -0.25) is 14.4 Å². The molecule has 0 saturated heterocycles. The highest BCUT2D eigenvalue weighted by Crippen LogP contribution is 2.34. The van der Waals surface area contributed by atoms with Crippen LogP contribution in [0.1, 0.15) is 39.1 Å². The van der Waals surface area contributed by atoms with Crippen LogP contribution in [-0.2, 0) is 6.18 Å². The second-order valence-corrected chi connectivity index (χ2v) is 10.5. The molecule has 5 aromatic rings. The Kier molecular flexibility index (Phi) is 8.45. The fourth-order valence-corrected chi connectivity index (χ4v) is 4.87. The van der Waals surface area contributed by atoms with Gasteiger partial charge in [-0.2, -0.15) is 13.2 Å². The van der Waals surface area contributed by atoms with Crippen LogP contribution in [0.15, 0.2) is 77.7 Å². The molecule has 44 heavy (non-hydrogen) atoms. The molecule has 0 bridgehead atoms. The number of nitrogens with zero attached hydrogens (tertiary/aromatic N) is 2. The number of Topliss-reactive ketones (excluding diaryl/α,β-unsaturated/α-hetero) is 1. The summed E-state index contributed by atoms with van der Waals surface area (Å²) in [5.74, 6) is -2.19.